The van der Waals surface area contributed by atoms with Gasteiger partial charge in [0.2, 0.25) is 0 Å². The fourth-order valence-corrected chi connectivity index (χ4v) is 10.6. The van der Waals surface area contributed by atoms with Crippen LogP contribution in [-0.2, 0) is 0 Å². The van der Waals surface area contributed by atoms with E-state index in [1.807, 2.05) is 0 Å². The Kier molecular flexibility index (Phi) is 5.54. The second-order valence-corrected chi connectivity index (χ2v) is 12.2. The quantitative estimate of drug-likeness (QED) is 0.475. The van der Waals surface area contributed by atoms with Crippen molar-refractivity contribution < 1.29 is 0 Å². The van der Waals surface area contributed by atoms with Crippen LogP contribution < -0.4 is 26.3 Å². The number of hydrogen-bond donors (Lipinski definition) is 1. The smallest absolute Gasteiger partial charge is 0.187 e. The zero-order valence-electron chi connectivity index (χ0n) is 17.0. The van der Waals surface area contributed by atoms with E-state index in [4.69, 9.17) is 10.7 Å². The van der Waals surface area contributed by atoms with Crippen molar-refractivity contribution in [1.82, 2.24) is 4.98 Å². The lowest BCUT2D eigenvalue weighted by Gasteiger charge is -2.27. The average molecular weight is 418 g/mol. The Balaban J connectivity index is 2.19. The third-order valence-electron chi connectivity index (χ3n) is 5.18. The lowest BCUT2D eigenvalue weighted by Crippen LogP contribution is -2.39. The molecule has 4 heteroatoms. The molecule has 0 aliphatic heterocycles. The van der Waals surface area contributed by atoms with Crippen LogP contribution in [0.5, 0.6) is 0 Å². The van der Waals surface area contributed by atoms with Crippen LogP contribution in [0.3, 0.4) is 0 Å². The number of anilines is 1. The number of nitrogens with two attached hydrogens (primary N) is 1. The third-order valence-corrected chi connectivity index (χ3v) is 11.0. The van der Waals surface area contributed by atoms with Crippen molar-refractivity contribution in [3.63, 3.8) is 0 Å². The summed E-state index contributed by atoms with van der Waals surface area (Å²) in [5.74, 6) is 0.301. The largest absolute Gasteiger partial charge is 0.375 e. The van der Waals surface area contributed by atoms with Gasteiger partial charge in [-0.05, 0) is 48.9 Å². The summed E-state index contributed by atoms with van der Waals surface area (Å²) in [4.78, 5) is 4.80. The average Bonchev–Trinajstić information content (AvgIpc) is 3.13. The molecule has 0 radical (unpaired) electrons. The minimum Gasteiger partial charge on any atom is -0.375 e. The van der Waals surface area contributed by atoms with Crippen molar-refractivity contribution in [2.45, 2.75) is 26.7 Å². The summed E-state index contributed by atoms with van der Waals surface area (Å²) < 4.78 is 1.31. The summed E-state index contributed by atoms with van der Waals surface area (Å²) in [6.07, 6.45) is 0. The highest BCUT2D eigenvalue weighted by Crippen LogP contribution is 2.57. The molecule has 29 heavy (non-hydrogen) atoms. The molecule has 4 rings (SSSR count). The summed E-state index contributed by atoms with van der Waals surface area (Å²) in [6, 6.07) is 30.8. The summed E-state index contributed by atoms with van der Waals surface area (Å²) in [7, 11) is -2.13. The zero-order chi connectivity index (χ0) is 20.4. The predicted octanol–water partition coefficient (Wildman–Crippen LogP) is 4.78. The Hall–Kier alpha value is -2.48. The van der Waals surface area contributed by atoms with Crippen LogP contribution in [0.15, 0.2) is 84.9 Å². The van der Waals surface area contributed by atoms with Crippen LogP contribution in [-0.4, -0.2) is 4.98 Å². The summed E-state index contributed by atoms with van der Waals surface area (Å²) in [5, 5.41) is 4.66. The molecule has 0 bridgehead atoms. The number of rotatable bonds is 5. The highest BCUT2D eigenvalue weighted by atomic mass is 32.1. The molecule has 0 aliphatic carbocycles. The number of thiazole rings is 1. The van der Waals surface area contributed by atoms with Crippen LogP contribution in [0.4, 0.5) is 5.13 Å². The van der Waals surface area contributed by atoms with Gasteiger partial charge in [0.1, 0.15) is 21.6 Å². The van der Waals surface area contributed by atoms with E-state index in [0.29, 0.717) is 11.0 Å². The summed E-state index contributed by atoms with van der Waals surface area (Å²) in [5.41, 5.74) is 8.69. The monoisotopic (exact) mass is 417 g/mol. The highest BCUT2D eigenvalue weighted by Gasteiger charge is 2.51. The van der Waals surface area contributed by atoms with Crippen molar-refractivity contribution in [3.8, 4) is 0 Å². The molecule has 0 unspecified atom stereocenters. The lowest BCUT2D eigenvalue weighted by atomic mass is 10.2. The molecule has 4 aromatic rings. The molecule has 0 amide bonds. The molecule has 0 saturated carbocycles. The highest BCUT2D eigenvalue weighted by molar-refractivity contribution is 8.04. The van der Waals surface area contributed by atoms with Gasteiger partial charge in [0.15, 0.2) is 17.0 Å². The molecule has 0 saturated heterocycles. The SMILES string of the molecule is Cc1cccc([P+](c2ccccc2)(c2ccccc2)c2sc(N)nc2C(C)C)c1. The van der Waals surface area contributed by atoms with Crippen LogP contribution in [0, 0.1) is 6.92 Å². The van der Waals surface area contributed by atoms with E-state index >= 15 is 0 Å². The third kappa shape index (κ3) is 3.50. The molecule has 0 aliphatic rings. The normalized spacial score (nSPS) is 11.7. The van der Waals surface area contributed by atoms with Gasteiger partial charge in [-0.3, -0.25) is 0 Å². The molecular weight excluding hydrogens is 391 g/mol. The fraction of sp³-hybridized carbons (Fsp3) is 0.160. The van der Waals surface area contributed by atoms with E-state index in [1.54, 1.807) is 11.3 Å². The Morgan fingerprint density at radius 3 is 1.86 bits per heavy atom. The van der Waals surface area contributed by atoms with Crippen LogP contribution in [0.1, 0.15) is 31.0 Å². The van der Waals surface area contributed by atoms with Gasteiger partial charge in [-0.1, -0.05) is 73.7 Å². The number of aryl methyl sites for hydroxylation is 1. The summed E-state index contributed by atoms with van der Waals surface area (Å²) in [6.45, 7) is 6.58. The van der Waals surface area contributed by atoms with E-state index < -0.39 is 7.26 Å². The van der Waals surface area contributed by atoms with E-state index in [0.717, 1.165) is 5.69 Å². The summed E-state index contributed by atoms with van der Waals surface area (Å²) >= 11 is 1.66. The van der Waals surface area contributed by atoms with Gasteiger partial charge >= 0.3 is 0 Å². The molecule has 1 aromatic heterocycles. The van der Waals surface area contributed by atoms with Crippen LogP contribution in [0.25, 0.3) is 0 Å². The first-order valence-corrected chi connectivity index (χ1v) is 12.5. The Labute approximate surface area is 177 Å². The standard InChI is InChI=1S/C25H26N2PS/c1-18(2)23-24(29-25(26)27-23)28(20-12-6-4-7-13-20,21-14-8-5-9-15-21)22-16-10-11-19(3)17-22/h4-18H,1-3H3,(H2,26,27)/q+1. The number of nitrogens with zero attached hydrogens (tertiary/aromatic N) is 1. The molecule has 2 N–H and O–H groups in total. The minimum absolute atomic E-state index is 0.301. The van der Waals surface area contributed by atoms with E-state index in [-0.39, 0.29) is 0 Å². The maximum Gasteiger partial charge on any atom is 0.187 e. The molecule has 1 heterocycles. The van der Waals surface area contributed by atoms with Gasteiger partial charge in [-0.15, -0.1) is 0 Å². The Morgan fingerprint density at radius 1 is 0.793 bits per heavy atom. The van der Waals surface area contributed by atoms with Gasteiger partial charge in [-0.2, -0.15) is 0 Å². The zero-order valence-corrected chi connectivity index (χ0v) is 18.8. The predicted molar refractivity (Wildman–Crippen MR) is 130 cm³/mol. The molecule has 2 nitrogen and oxygen atoms in total. The number of benzene rings is 3. The second-order valence-electron chi connectivity index (χ2n) is 7.58. The van der Waals surface area contributed by atoms with E-state index in [2.05, 4.69) is 106 Å². The van der Waals surface area contributed by atoms with Crippen LogP contribution >= 0.6 is 18.6 Å². The molecule has 3 aromatic carbocycles. The Bertz CT molecular complexity index is 1060. The Morgan fingerprint density at radius 2 is 1.34 bits per heavy atom. The van der Waals surface area contributed by atoms with E-state index in [9.17, 15) is 0 Å². The van der Waals surface area contributed by atoms with Crippen molar-refractivity contribution >= 4 is 44.3 Å². The van der Waals surface area contributed by atoms with Crippen molar-refractivity contribution in [1.29, 1.82) is 0 Å². The van der Waals surface area contributed by atoms with Gasteiger partial charge in [0.25, 0.3) is 0 Å². The van der Waals surface area contributed by atoms with Gasteiger partial charge in [-0.25, -0.2) is 4.98 Å². The molecule has 0 atom stereocenters. The van der Waals surface area contributed by atoms with Gasteiger partial charge in [0.05, 0.1) is 0 Å². The molecule has 146 valence electrons. The van der Waals surface area contributed by atoms with Crippen molar-refractivity contribution in [2.75, 3.05) is 5.73 Å². The van der Waals surface area contributed by atoms with Gasteiger partial charge in [0, 0.05) is 5.92 Å². The molecule has 0 spiro atoms. The van der Waals surface area contributed by atoms with Crippen molar-refractivity contribution in [2.24, 2.45) is 0 Å². The van der Waals surface area contributed by atoms with Crippen LogP contribution in [0.2, 0.25) is 0 Å². The number of hydrogen-bond acceptors (Lipinski definition) is 3. The maximum atomic E-state index is 6.30. The first-order chi connectivity index (χ1) is 14.0. The number of nitrogen functional groups attached to an aromatic ring is 1. The van der Waals surface area contributed by atoms with Crippen molar-refractivity contribution in [3.05, 3.63) is 96.2 Å². The number of aromatic nitrogens is 1. The minimum atomic E-state index is -2.13. The molecular formula is C25H26N2PS+. The topological polar surface area (TPSA) is 38.9 Å². The fourth-order valence-electron chi connectivity index (χ4n) is 3.90. The van der Waals surface area contributed by atoms with Gasteiger partial charge < -0.3 is 5.73 Å². The second kappa shape index (κ2) is 8.10. The molecule has 0 fully saturated rings. The van der Waals surface area contributed by atoms with E-state index in [1.165, 1.54) is 26.1 Å². The lowest BCUT2D eigenvalue weighted by molar-refractivity contribution is 0.840. The first kappa shape index (κ1) is 19.8. The first-order valence-electron chi connectivity index (χ1n) is 9.87. The maximum absolute atomic E-state index is 6.30.